The fourth-order valence-electron chi connectivity index (χ4n) is 2.68. The van der Waals surface area contributed by atoms with Crippen molar-refractivity contribution >= 4 is 5.91 Å². The van der Waals surface area contributed by atoms with Crippen LogP contribution in [-0.4, -0.2) is 82.9 Å². The quantitative estimate of drug-likeness (QED) is 0.546. The molecule has 0 aromatic carbocycles. The fourth-order valence-corrected chi connectivity index (χ4v) is 2.68. The predicted octanol–water partition coefficient (Wildman–Crippen LogP) is -1.77. The molecule has 1 amide bonds. The van der Waals surface area contributed by atoms with E-state index in [9.17, 15) is 15.0 Å². The molecule has 0 spiro atoms. The maximum absolute atomic E-state index is 12.5. The molecule has 2 rings (SSSR count). The minimum atomic E-state index is -0.812. The minimum absolute atomic E-state index is 0.0139. The molecule has 0 bridgehead atoms. The number of hydrogen-bond acceptors (Lipinski definition) is 5. The van der Waals surface area contributed by atoms with E-state index in [1.165, 1.54) is 0 Å². The van der Waals surface area contributed by atoms with Crippen molar-refractivity contribution in [1.29, 1.82) is 0 Å². The molecule has 2 atom stereocenters. The lowest BCUT2D eigenvalue weighted by atomic mass is 9.99. The van der Waals surface area contributed by atoms with Gasteiger partial charge in [0, 0.05) is 39.3 Å². The molecule has 2 fully saturated rings. The second-order valence-electron chi connectivity index (χ2n) is 5.64. The number of β-amino-alcohol motifs (C(OH)–C–C–N with tert-alkyl or cyclic N) is 2. The third kappa shape index (κ3) is 2.51. The maximum atomic E-state index is 12.5. The molecule has 6 nitrogen and oxygen atoms in total. The van der Waals surface area contributed by atoms with E-state index in [1.807, 2.05) is 13.8 Å². The van der Waals surface area contributed by atoms with Gasteiger partial charge in [0.15, 0.2) is 0 Å². The standard InChI is InChI=1S/C12H23N3O3/c1-12(2,15-5-3-13-4-6-15)11(18)14-7-9(16)10(17)8-14/h9-10,13,16-17H,3-8H2,1-2H3. The molecule has 0 saturated carbocycles. The van der Waals surface area contributed by atoms with Gasteiger partial charge in [-0.2, -0.15) is 0 Å². The van der Waals surface area contributed by atoms with Crippen LogP contribution in [-0.2, 0) is 4.79 Å². The number of piperazine rings is 1. The summed E-state index contributed by atoms with van der Waals surface area (Å²) in [6.07, 6.45) is -1.62. The molecule has 0 radical (unpaired) electrons. The van der Waals surface area contributed by atoms with Crippen molar-refractivity contribution in [1.82, 2.24) is 15.1 Å². The Labute approximate surface area is 108 Å². The van der Waals surface area contributed by atoms with Crippen LogP contribution in [0.4, 0.5) is 0 Å². The van der Waals surface area contributed by atoms with E-state index < -0.39 is 17.7 Å². The molecule has 0 aromatic rings. The molecular formula is C12H23N3O3. The molecule has 104 valence electrons. The van der Waals surface area contributed by atoms with E-state index in [0.717, 1.165) is 26.2 Å². The zero-order chi connectivity index (χ0) is 13.3. The van der Waals surface area contributed by atoms with Crippen molar-refractivity contribution in [2.75, 3.05) is 39.3 Å². The van der Waals surface area contributed by atoms with Gasteiger partial charge < -0.3 is 20.4 Å². The van der Waals surface area contributed by atoms with E-state index in [2.05, 4.69) is 10.2 Å². The number of nitrogens with zero attached hydrogens (tertiary/aromatic N) is 2. The van der Waals surface area contributed by atoms with Gasteiger partial charge in [0.2, 0.25) is 5.91 Å². The Hall–Kier alpha value is -0.690. The predicted molar refractivity (Wildman–Crippen MR) is 67.1 cm³/mol. The average molecular weight is 257 g/mol. The normalized spacial score (nSPS) is 30.8. The lowest BCUT2D eigenvalue weighted by molar-refractivity contribution is -0.142. The molecule has 0 aliphatic carbocycles. The third-order valence-electron chi connectivity index (χ3n) is 3.98. The smallest absolute Gasteiger partial charge is 0.242 e. The SMILES string of the molecule is CC(C)(C(=O)N1CC(O)C(O)C1)N1CCNCC1. The molecule has 3 N–H and O–H groups in total. The van der Waals surface area contributed by atoms with Gasteiger partial charge in [0.05, 0.1) is 17.7 Å². The zero-order valence-electron chi connectivity index (χ0n) is 11.1. The summed E-state index contributed by atoms with van der Waals surface area (Å²) in [4.78, 5) is 16.2. The number of carbonyl (C=O) groups is 1. The topological polar surface area (TPSA) is 76.0 Å². The van der Waals surface area contributed by atoms with Crippen molar-refractivity contribution in [2.24, 2.45) is 0 Å². The zero-order valence-corrected chi connectivity index (χ0v) is 11.1. The number of hydrogen-bond donors (Lipinski definition) is 3. The first kappa shape index (κ1) is 13.7. The van der Waals surface area contributed by atoms with Crippen molar-refractivity contribution in [3.8, 4) is 0 Å². The van der Waals surface area contributed by atoms with Crippen molar-refractivity contribution in [3.63, 3.8) is 0 Å². The Morgan fingerprint density at radius 1 is 1.17 bits per heavy atom. The van der Waals surface area contributed by atoms with Gasteiger partial charge in [-0.1, -0.05) is 0 Å². The number of likely N-dealkylation sites (tertiary alicyclic amines) is 1. The summed E-state index contributed by atoms with van der Waals surface area (Å²) in [5, 5.41) is 22.3. The fraction of sp³-hybridized carbons (Fsp3) is 0.917. The molecule has 6 heteroatoms. The summed E-state index contributed by atoms with van der Waals surface area (Å²) in [6.45, 7) is 7.76. The van der Waals surface area contributed by atoms with Crippen LogP contribution in [0.1, 0.15) is 13.8 Å². The Morgan fingerprint density at radius 2 is 1.67 bits per heavy atom. The van der Waals surface area contributed by atoms with Gasteiger partial charge in [-0.15, -0.1) is 0 Å². The first-order valence-electron chi connectivity index (χ1n) is 6.54. The van der Waals surface area contributed by atoms with E-state index in [-0.39, 0.29) is 19.0 Å². The van der Waals surface area contributed by atoms with E-state index in [1.54, 1.807) is 4.90 Å². The second kappa shape index (κ2) is 5.13. The number of carbonyl (C=O) groups excluding carboxylic acids is 1. The van der Waals surface area contributed by atoms with Crippen LogP contribution in [0.15, 0.2) is 0 Å². The van der Waals surface area contributed by atoms with Gasteiger partial charge in [-0.05, 0) is 13.8 Å². The molecule has 0 aromatic heterocycles. The summed E-state index contributed by atoms with van der Waals surface area (Å²) in [7, 11) is 0. The Balaban J connectivity index is 2.02. The van der Waals surface area contributed by atoms with Crippen molar-refractivity contribution in [2.45, 2.75) is 31.6 Å². The van der Waals surface area contributed by atoms with E-state index in [0.29, 0.717) is 0 Å². The van der Waals surface area contributed by atoms with Crippen LogP contribution in [0, 0.1) is 0 Å². The summed E-state index contributed by atoms with van der Waals surface area (Å²) < 4.78 is 0. The minimum Gasteiger partial charge on any atom is -0.388 e. The Morgan fingerprint density at radius 3 is 2.17 bits per heavy atom. The Bertz CT molecular complexity index is 306. The van der Waals surface area contributed by atoms with Gasteiger partial charge in [0.1, 0.15) is 0 Å². The summed E-state index contributed by atoms with van der Waals surface area (Å²) in [6, 6.07) is 0. The van der Waals surface area contributed by atoms with Gasteiger partial charge in [0.25, 0.3) is 0 Å². The monoisotopic (exact) mass is 257 g/mol. The van der Waals surface area contributed by atoms with Gasteiger partial charge >= 0.3 is 0 Å². The van der Waals surface area contributed by atoms with Crippen LogP contribution in [0.2, 0.25) is 0 Å². The Kier molecular flexibility index (Phi) is 3.91. The largest absolute Gasteiger partial charge is 0.388 e. The van der Waals surface area contributed by atoms with E-state index >= 15 is 0 Å². The summed E-state index contributed by atoms with van der Waals surface area (Å²) in [5.41, 5.74) is -0.577. The highest BCUT2D eigenvalue weighted by Crippen LogP contribution is 2.21. The highest BCUT2D eigenvalue weighted by Gasteiger charge is 2.42. The van der Waals surface area contributed by atoms with E-state index in [4.69, 9.17) is 0 Å². The molecule has 2 aliphatic heterocycles. The summed E-state index contributed by atoms with van der Waals surface area (Å²) >= 11 is 0. The molecule has 2 unspecified atom stereocenters. The number of amides is 1. The van der Waals surface area contributed by atoms with Crippen LogP contribution in [0.25, 0.3) is 0 Å². The highest BCUT2D eigenvalue weighted by molar-refractivity contribution is 5.86. The lowest BCUT2D eigenvalue weighted by Crippen LogP contribution is -2.60. The molecule has 2 aliphatic rings. The maximum Gasteiger partial charge on any atom is 0.242 e. The number of nitrogens with one attached hydrogen (secondary N) is 1. The first-order valence-corrected chi connectivity index (χ1v) is 6.54. The third-order valence-corrected chi connectivity index (χ3v) is 3.98. The second-order valence-corrected chi connectivity index (χ2v) is 5.64. The molecular weight excluding hydrogens is 234 g/mol. The van der Waals surface area contributed by atoms with Crippen molar-refractivity contribution in [3.05, 3.63) is 0 Å². The number of aliphatic hydroxyl groups is 2. The summed E-state index contributed by atoms with van der Waals surface area (Å²) in [5.74, 6) is -0.0139. The highest BCUT2D eigenvalue weighted by atomic mass is 16.3. The lowest BCUT2D eigenvalue weighted by Gasteiger charge is -2.41. The molecule has 2 heterocycles. The van der Waals surface area contributed by atoms with Crippen LogP contribution >= 0.6 is 0 Å². The van der Waals surface area contributed by atoms with Crippen LogP contribution in [0.5, 0.6) is 0 Å². The van der Waals surface area contributed by atoms with Gasteiger partial charge in [-0.3, -0.25) is 9.69 Å². The van der Waals surface area contributed by atoms with Crippen LogP contribution in [0.3, 0.4) is 0 Å². The van der Waals surface area contributed by atoms with Gasteiger partial charge in [-0.25, -0.2) is 0 Å². The number of rotatable bonds is 2. The number of aliphatic hydroxyl groups excluding tert-OH is 2. The molecule has 2 saturated heterocycles. The first-order chi connectivity index (χ1) is 8.43. The van der Waals surface area contributed by atoms with Crippen molar-refractivity contribution < 1.29 is 15.0 Å². The molecule has 18 heavy (non-hydrogen) atoms. The van der Waals surface area contributed by atoms with Crippen LogP contribution < -0.4 is 5.32 Å². The average Bonchev–Trinajstić information content (AvgIpc) is 2.69.